The lowest BCUT2D eigenvalue weighted by Crippen LogP contribution is -2.29. The van der Waals surface area contributed by atoms with Crippen LogP contribution in [0.15, 0.2) is 109 Å². The minimum Gasteiger partial charge on any atom is -0.352 e. The van der Waals surface area contributed by atoms with Crippen molar-refractivity contribution >= 4 is 23.6 Å². The van der Waals surface area contributed by atoms with Gasteiger partial charge in [0, 0.05) is 30.7 Å². The van der Waals surface area contributed by atoms with Gasteiger partial charge in [0.15, 0.2) is 0 Å². The Balaban J connectivity index is 1.47. The van der Waals surface area contributed by atoms with Crippen LogP contribution in [0.1, 0.15) is 22.3 Å². The molecular weight excluding hydrogens is 453 g/mol. The molecule has 0 bridgehead atoms. The van der Waals surface area contributed by atoms with E-state index in [1.165, 1.54) is 18.2 Å². The Labute approximate surface area is 209 Å². The molecule has 0 radical (unpaired) electrons. The Morgan fingerprint density at radius 2 is 1.58 bits per heavy atom. The number of amides is 2. The molecule has 3 aromatic carbocycles. The summed E-state index contributed by atoms with van der Waals surface area (Å²) in [5, 5.41) is 2.90. The van der Waals surface area contributed by atoms with Gasteiger partial charge >= 0.3 is 0 Å². The first kappa shape index (κ1) is 24.5. The molecule has 0 aliphatic heterocycles. The number of nitrogens with one attached hydrogen (secondary N) is 1. The third-order valence-corrected chi connectivity index (χ3v) is 5.57. The van der Waals surface area contributed by atoms with Crippen LogP contribution in [-0.4, -0.2) is 16.8 Å². The lowest BCUT2D eigenvalue weighted by atomic mass is 10.1. The highest BCUT2D eigenvalue weighted by atomic mass is 19.1. The van der Waals surface area contributed by atoms with Crippen LogP contribution in [0.2, 0.25) is 0 Å². The van der Waals surface area contributed by atoms with Gasteiger partial charge in [-0.05, 0) is 64.7 Å². The van der Waals surface area contributed by atoms with Crippen molar-refractivity contribution < 1.29 is 14.0 Å². The van der Waals surface area contributed by atoms with Crippen molar-refractivity contribution in [3.8, 4) is 0 Å². The summed E-state index contributed by atoms with van der Waals surface area (Å²) in [6, 6.07) is 26.7. The molecule has 1 heterocycles. The van der Waals surface area contributed by atoms with Crippen molar-refractivity contribution in [3.05, 3.63) is 138 Å². The van der Waals surface area contributed by atoms with E-state index in [0.29, 0.717) is 17.8 Å². The van der Waals surface area contributed by atoms with Gasteiger partial charge < -0.3 is 10.2 Å². The number of halogens is 1. The van der Waals surface area contributed by atoms with Crippen molar-refractivity contribution in [1.82, 2.24) is 10.3 Å². The number of carbonyl (C=O) groups is 2. The molecule has 2 amide bonds. The zero-order chi connectivity index (χ0) is 25.2. The van der Waals surface area contributed by atoms with Gasteiger partial charge in [0.05, 0.1) is 13.0 Å². The summed E-state index contributed by atoms with van der Waals surface area (Å²) in [6.45, 7) is 0.643. The first-order valence-electron chi connectivity index (χ1n) is 11.6. The highest BCUT2D eigenvalue weighted by Crippen LogP contribution is 2.20. The van der Waals surface area contributed by atoms with E-state index in [0.717, 1.165) is 16.7 Å². The van der Waals surface area contributed by atoms with E-state index in [4.69, 9.17) is 0 Å². The molecule has 180 valence electrons. The molecule has 0 atom stereocenters. The van der Waals surface area contributed by atoms with Crippen LogP contribution in [0.3, 0.4) is 0 Å². The van der Waals surface area contributed by atoms with Gasteiger partial charge in [0.1, 0.15) is 5.82 Å². The minimum atomic E-state index is -0.354. The number of aromatic nitrogens is 1. The average Bonchev–Trinajstić information content (AvgIpc) is 2.91. The SMILES string of the molecule is O=C(Cc1ccc(N(Cc2cccc(F)c2)C(=O)C=Cc2ccccc2)cc1)NCc1ccncc1. The van der Waals surface area contributed by atoms with Crippen LogP contribution in [-0.2, 0) is 29.1 Å². The molecule has 0 aliphatic carbocycles. The van der Waals surface area contributed by atoms with E-state index in [-0.39, 0.29) is 30.6 Å². The molecule has 0 saturated carbocycles. The van der Waals surface area contributed by atoms with Crippen LogP contribution in [0, 0.1) is 5.82 Å². The summed E-state index contributed by atoms with van der Waals surface area (Å²) < 4.78 is 13.8. The number of benzene rings is 3. The van der Waals surface area contributed by atoms with Gasteiger partial charge in [-0.15, -0.1) is 0 Å². The average molecular weight is 480 g/mol. The second kappa shape index (κ2) is 12.2. The Bertz CT molecular complexity index is 1320. The molecule has 5 nitrogen and oxygen atoms in total. The number of anilines is 1. The lowest BCUT2D eigenvalue weighted by molar-refractivity contribution is -0.120. The standard InChI is InChI=1S/C30H26FN3O2/c31-27-8-4-7-26(19-27)22-34(30(36)14-11-23-5-2-1-3-6-23)28-12-9-24(10-13-28)20-29(35)33-21-25-15-17-32-18-16-25/h1-19H,20-22H2,(H,33,35). The van der Waals surface area contributed by atoms with Gasteiger partial charge in [-0.2, -0.15) is 0 Å². The van der Waals surface area contributed by atoms with Crippen LogP contribution in [0.4, 0.5) is 10.1 Å². The number of carbonyl (C=O) groups excluding carboxylic acids is 2. The number of hydrogen-bond donors (Lipinski definition) is 1. The molecule has 0 saturated heterocycles. The van der Waals surface area contributed by atoms with E-state index in [1.54, 1.807) is 47.6 Å². The van der Waals surface area contributed by atoms with Gasteiger partial charge in [0.25, 0.3) is 5.91 Å². The Hall–Kier alpha value is -4.58. The van der Waals surface area contributed by atoms with Crippen molar-refractivity contribution in [2.24, 2.45) is 0 Å². The fraction of sp³-hybridized carbons (Fsp3) is 0.100. The highest BCUT2D eigenvalue weighted by Gasteiger charge is 2.15. The fourth-order valence-electron chi connectivity index (χ4n) is 3.68. The first-order chi connectivity index (χ1) is 17.6. The topological polar surface area (TPSA) is 62.3 Å². The predicted molar refractivity (Wildman–Crippen MR) is 139 cm³/mol. The molecule has 1 aromatic heterocycles. The van der Waals surface area contributed by atoms with Crippen LogP contribution in [0.25, 0.3) is 6.08 Å². The molecular formula is C30H26FN3O2. The maximum absolute atomic E-state index is 13.8. The van der Waals surface area contributed by atoms with E-state index < -0.39 is 0 Å². The number of rotatable bonds is 9. The number of hydrogen-bond acceptors (Lipinski definition) is 3. The molecule has 6 heteroatoms. The first-order valence-corrected chi connectivity index (χ1v) is 11.6. The molecule has 4 rings (SSSR count). The summed E-state index contributed by atoms with van der Waals surface area (Å²) in [7, 11) is 0. The van der Waals surface area contributed by atoms with E-state index in [2.05, 4.69) is 10.3 Å². The Morgan fingerprint density at radius 1 is 0.833 bits per heavy atom. The minimum absolute atomic E-state index is 0.0990. The Kier molecular flexibility index (Phi) is 8.33. The lowest BCUT2D eigenvalue weighted by Gasteiger charge is -2.22. The fourth-order valence-corrected chi connectivity index (χ4v) is 3.68. The molecule has 36 heavy (non-hydrogen) atoms. The number of pyridine rings is 1. The van der Waals surface area contributed by atoms with Crippen molar-refractivity contribution in [1.29, 1.82) is 0 Å². The van der Waals surface area contributed by atoms with Crippen molar-refractivity contribution in [3.63, 3.8) is 0 Å². The summed E-state index contributed by atoms with van der Waals surface area (Å²) in [6.07, 6.45) is 6.85. The maximum atomic E-state index is 13.8. The van der Waals surface area contributed by atoms with Gasteiger partial charge in [-0.25, -0.2) is 4.39 Å². The quantitative estimate of drug-likeness (QED) is 0.330. The van der Waals surface area contributed by atoms with Crippen LogP contribution in [0.5, 0.6) is 0 Å². The van der Waals surface area contributed by atoms with E-state index in [9.17, 15) is 14.0 Å². The van der Waals surface area contributed by atoms with Crippen LogP contribution < -0.4 is 10.2 Å². The largest absolute Gasteiger partial charge is 0.352 e. The molecule has 0 unspecified atom stereocenters. The molecule has 0 spiro atoms. The summed E-state index contributed by atoms with van der Waals surface area (Å²) in [5.41, 5.74) is 4.04. The molecule has 4 aromatic rings. The summed E-state index contributed by atoms with van der Waals surface area (Å²) >= 11 is 0. The van der Waals surface area contributed by atoms with Crippen molar-refractivity contribution in [2.45, 2.75) is 19.5 Å². The number of nitrogens with zero attached hydrogens (tertiary/aromatic N) is 2. The van der Waals surface area contributed by atoms with E-state index >= 15 is 0 Å². The van der Waals surface area contributed by atoms with Gasteiger partial charge in [0.2, 0.25) is 5.91 Å². The molecule has 0 fully saturated rings. The summed E-state index contributed by atoms with van der Waals surface area (Å²) in [4.78, 5) is 31.1. The van der Waals surface area contributed by atoms with Gasteiger partial charge in [-0.3, -0.25) is 14.6 Å². The normalized spacial score (nSPS) is 10.8. The Morgan fingerprint density at radius 3 is 2.31 bits per heavy atom. The molecule has 0 aliphatic rings. The smallest absolute Gasteiger partial charge is 0.251 e. The second-order valence-electron chi connectivity index (χ2n) is 8.27. The summed E-state index contributed by atoms with van der Waals surface area (Å²) in [5.74, 6) is -0.683. The third kappa shape index (κ3) is 7.21. The molecule has 1 N–H and O–H groups in total. The second-order valence-corrected chi connectivity index (χ2v) is 8.27. The highest BCUT2D eigenvalue weighted by molar-refractivity contribution is 6.03. The zero-order valence-electron chi connectivity index (χ0n) is 19.7. The van der Waals surface area contributed by atoms with Gasteiger partial charge in [-0.1, -0.05) is 54.6 Å². The predicted octanol–water partition coefficient (Wildman–Crippen LogP) is 5.33. The van der Waals surface area contributed by atoms with Crippen LogP contribution >= 0.6 is 0 Å². The van der Waals surface area contributed by atoms with E-state index in [1.807, 2.05) is 54.6 Å². The monoisotopic (exact) mass is 479 g/mol. The zero-order valence-corrected chi connectivity index (χ0v) is 19.7. The maximum Gasteiger partial charge on any atom is 0.251 e. The third-order valence-electron chi connectivity index (χ3n) is 5.57. The van der Waals surface area contributed by atoms with Crippen molar-refractivity contribution in [2.75, 3.05) is 4.90 Å².